The van der Waals surface area contributed by atoms with Crippen LogP contribution in [-0.4, -0.2) is 56.3 Å². The quantitative estimate of drug-likeness (QED) is 0.448. The van der Waals surface area contributed by atoms with Crippen molar-refractivity contribution in [1.82, 2.24) is 9.88 Å². The molecule has 0 aliphatic carbocycles. The Kier molecular flexibility index (Phi) is 8.77. The van der Waals surface area contributed by atoms with Gasteiger partial charge in [0.2, 0.25) is 0 Å². The zero-order chi connectivity index (χ0) is 20.1. The van der Waals surface area contributed by atoms with Gasteiger partial charge in [0, 0.05) is 11.4 Å². The van der Waals surface area contributed by atoms with Gasteiger partial charge in [-0.2, -0.15) is 0 Å². The first-order valence-corrected chi connectivity index (χ1v) is 11.1. The highest BCUT2D eigenvalue weighted by molar-refractivity contribution is 7.98. The minimum Gasteiger partial charge on any atom is -0.497 e. The Hall–Kier alpha value is -1.80. The number of anilines is 1. The van der Waals surface area contributed by atoms with E-state index < -0.39 is 0 Å². The Morgan fingerprint density at radius 3 is 2.62 bits per heavy atom. The third-order valence-corrected chi connectivity index (χ3v) is 6.22. The second-order valence-corrected chi connectivity index (χ2v) is 8.50. The molecule has 156 valence electrons. The first-order chi connectivity index (χ1) is 13.5. The maximum atomic E-state index is 13.4. The van der Waals surface area contributed by atoms with Crippen molar-refractivity contribution in [2.75, 3.05) is 45.5 Å². The summed E-state index contributed by atoms with van der Waals surface area (Å²) in [5.74, 6) is 0.788. The highest BCUT2D eigenvalue weighted by Crippen LogP contribution is 2.33. The van der Waals surface area contributed by atoms with Crippen LogP contribution in [0.2, 0.25) is 0 Å². The van der Waals surface area contributed by atoms with E-state index in [2.05, 4.69) is 4.90 Å². The van der Waals surface area contributed by atoms with Gasteiger partial charge in [0.1, 0.15) is 5.75 Å². The lowest BCUT2D eigenvalue weighted by molar-refractivity contribution is 0.0983. The maximum absolute atomic E-state index is 13.4. The number of thioether (sulfide) groups is 1. The fourth-order valence-electron chi connectivity index (χ4n) is 2.93. The summed E-state index contributed by atoms with van der Waals surface area (Å²) in [6.45, 7) is 1.53. The van der Waals surface area contributed by atoms with Crippen LogP contribution in [0.5, 0.6) is 5.75 Å². The highest BCUT2D eigenvalue weighted by atomic mass is 35.5. The molecule has 0 saturated carbocycles. The summed E-state index contributed by atoms with van der Waals surface area (Å²) in [4.78, 5) is 23.1. The number of carbonyl (C=O) groups is 1. The first-order valence-electron chi connectivity index (χ1n) is 9.07. The van der Waals surface area contributed by atoms with E-state index in [1.165, 1.54) is 11.3 Å². The molecule has 1 aromatic heterocycles. The van der Waals surface area contributed by atoms with Crippen LogP contribution >= 0.6 is 35.5 Å². The second kappa shape index (κ2) is 10.8. The number of aromatic nitrogens is 1. The molecule has 5 nitrogen and oxygen atoms in total. The molecule has 0 aliphatic heterocycles. The average molecular weight is 452 g/mol. The van der Waals surface area contributed by atoms with Crippen molar-refractivity contribution >= 4 is 56.8 Å². The molecule has 1 heterocycles. The minimum atomic E-state index is -0.00488. The summed E-state index contributed by atoms with van der Waals surface area (Å²) < 4.78 is 6.33. The first kappa shape index (κ1) is 23.5. The van der Waals surface area contributed by atoms with Gasteiger partial charge in [-0.05, 0) is 63.6 Å². The van der Waals surface area contributed by atoms with Crippen molar-refractivity contribution in [2.45, 2.75) is 11.3 Å². The topological polar surface area (TPSA) is 45.7 Å². The van der Waals surface area contributed by atoms with Crippen LogP contribution in [0, 0.1) is 0 Å². The Bertz CT molecular complexity index is 962. The van der Waals surface area contributed by atoms with Crippen molar-refractivity contribution in [2.24, 2.45) is 0 Å². The fraction of sp³-hybridized carbons (Fsp3) is 0.333. The third-order valence-electron chi connectivity index (χ3n) is 4.38. The van der Waals surface area contributed by atoms with E-state index >= 15 is 0 Å². The molecule has 2 aromatic carbocycles. The van der Waals surface area contributed by atoms with E-state index in [9.17, 15) is 4.79 Å². The van der Waals surface area contributed by atoms with E-state index in [0.717, 1.165) is 44.5 Å². The number of hydrogen-bond acceptors (Lipinski definition) is 6. The molecule has 0 bridgehead atoms. The monoisotopic (exact) mass is 451 g/mol. The maximum Gasteiger partial charge on any atom is 0.261 e. The molecule has 0 radical (unpaired) electrons. The molecule has 3 rings (SSSR count). The van der Waals surface area contributed by atoms with Crippen LogP contribution in [0.1, 0.15) is 16.8 Å². The van der Waals surface area contributed by atoms with Crippen molar-refractivity contribution in [1.29, 1.82) is 0 Å². The third kappa shape index (κ3) is 5.63. The van der Waals surface area contributed by atoms with Crippen LogP contribution in [-0.2, 0) is 0 Å². The van der Waals surface area contributed by atoms with E-state index in [0.29, 0.717) is 6.54 Å². The number of nitrogens with zero attached hydrogens (tertiary/aromatic N) is 3. The number of thiazole rings is 1. The minimum absolute atomic E-state index is 0. The van der Waals surface area contributed by atoms with E-state index in [1.54, 1.807) is 18.9 Å². The molecule has 1 amide bonds. The lowest BCUT2D eigenvalue weighted by Gasteiger charge is -2.22. The van der Waals surface area contributed by atoms with Crippen molar-refractivity contribution in [3.63, 3.8) is 0 Å². The van der Waals surface area contributed by atoms with Crippen molar-refractivity contribution in [3.05, 3.63) is 48.0 Å². The molecule has 0 fully saturated rings. The zero-order valence-electron chi connectivity index (χ0n) is 17.0. The molecule has 0 N–H and O–H groups in total. The summed E-state index contributed by atoms with van der Waals surface area (Å²) in [7, 11) is 5.73. The highest BCUT2D eigenvalue weighted by Gasteiger charge is 2.23. The second-order valence-electron chi connectivity index (χ2n) is 6.64. The zero-order valence-corrected chi connectivity index (χ0v) is 19.5. The number of halogens is 1. The SMILES string of the molecule is COc1ccc2nc(N(CCCN(C)C)C(=O)c3ccccc3SC)sc2c1.Cl. The number of ether oxygens (including phenoxy) is 1. The van der Waals surface area contributed by atoms with Crippen LogP contribution in [0.4, 0.5) is 5.13 Å². The van der Waals surface area contributed by atoms with Crippen LogP contribution in [0.3, 0.4) is 0 Å². The number of amides is 1. The average Bonchev–Trinajstić information content (AvgIpc) is 3.13. The number of benzene rings is 2. The predicted molar refractivity (Wildman–Crippen MR) is 126 cm³/mol. The molecule has 0 atom stereocenters. The molecular formula is C21H26ClN3O2S2. The summed E-state index contributed by atoms with van der Waals surface area (Å²) in [6, 6.07) is 13.5. The molecule has 0 aliphatic rings. The van der Waals surface area contributed by atoms with E-state index in [1.807, 2.05) is 67.7 Å². The van der Waals surface area contributed by atoms with Crippen LogP contribution < -0.4 is 9.64 Å². The molecule has 8 heteroatoms. The Morgan fingerprint density at radius 2 is 1.93 bits per heavy atom. The normalized spacial score (nSPS) is 10.8. The lowest BCUT2D eigenvalue weighted by atomic mass is 10.2. The number of fused-ring (bicyclic) bond motifs is 1. The Labute approximate surface area is 186 Å². The van der Waals surface area contributed by atoms with Crippen molar-refractivity contribution in [3.8, 4) is 5.75 Å². The smallest absolute Gasteiger partial charge is 0.261 e. The van der Waals surface area contributed by atoms with Gasteiger partial charge in [-0.25, -0.2) is 4.98 Å². The Balaban J connectivity index is 0.00000300. The Morgan fingerprint density at radius 1 is 1.17 bits per heavy atom. The molecule has 0 spiro atoms. The largest absolute Gasteiger partial charge is 0.497 e. The van der Waals surface area contributed by atoms with Gasteiger partial charge in [-0.15, -0.1) is 24.2 Å². The van der Waals surface area contributed by atoms with Gasteiger partial charge < -0.3 is 9.64 Å². The number of hydrogen-bond donors (Lipinski definition) is 0. The number of carbonyl (C=O) groups excluding carboxylic acids is 1. The summed E-state index contributed by atoms with van der Waals surface area (Å²) in [5.41, 5.74) is 1.60. The fourth-order valence-corrected chi connectivity index (χ4v) is 4.54. The lowest BCUT2D eigenvalue weighted by Crippen LogP contribution is -2.33. The van der Waals surface area contributed by atoms with E-state index in [-0.39, 0.29) is 18.3 Å². The van der Waals surface area contributed by atoms with Crippen LogP contribution in [0.25, 0.3) is 10.2 Å². The number of rotatable bonds is 8. The molecular weight excluding hydrogens is 426 g/mol. The summed E-state index contributed by atoms with van der Waals surface area (Å²) in [5, 5.41) is 0.725. The predicted octanol–water partition coefficient (Wildman–Crippen LogP) is 5.05. The van der Waals surface area contributed by atoms with Gasteiger partial charge in [0.25, 0.3) is 5.91 Å². The summed E-state index contributed by atoms with van der Waals surface area (Å²) in [6.07, 6.45) is 2.87. The standard InChI is InChI=1S/C21H25N3O2S2.ClH/c1-23(2)12-7-13-24(20(25)16-8-5-6-9-18(16)27-4)21-22-17-11-10-15(26-3)14-19(17)28-21;/h5-6,8-11,14H,7,12-13H2,1-4H3;1H. The molecule has 29 heavy (non-hydrogen) atoms. The number of methoxy groups -OCH3 is 1. The molecule has 3 aromatic rings. The van der Waals surface area contributed by atoms with Crippen molar-refractivity contribution < 1.29 is 9.53 Å². The molecule has 0 saturated heterocycles. The van der Waals surface area contributed by atoms with Gasteiger partial charge in [-0.3, -0.25) is 9.69 Å². The van der Waals surface area contributed by atoms with Gasteiger partial charge in [0.15, 0.2) is 5.13 Å². The van der Waals surface area contributed by atoms with Gasteiger partial charge in [0.05, 0.1) is 22.9 Å². The van der Waals surface area contributed by atoms with Gasteiger partial charge in [-0.1, -0.05) is 23.5 Å². The molecule has 0 unspecified atom stereocenters. The van der Waals surface area contributed by atoms with E-state index in [4.69, 9.17) is 9.72 Å². The summed E-state index contributed by atoms with van der Waals surface area (Å²) >= 11 is 3.11. The van der Waals surface area contributed by atoms with Gasteiger partial charge >= 0.3 is 0 Å². The van der Waals surface area contributed by atoms with Crippen LogP contribution in [0.15, 0.2) is 47.4 Å².